The summed E-state index contributed by atoms with van der Waals surface area (Å²) in [5.41, 5.74) is -5.02. The maximum atomic E-state index is 15.0. The molecule has 2 rings (SSSR count). The molecule has 0 unspecified atom stereocenters. The number of ether oxygens (including phenoxy) is 3. The summed E-state index contributed by atoms with van der Waals surface area (Å²) in [6.07, 6.45) is -2.49. The first-order chi connectivity index (χ1) is 14.4. The van der Waals surface area contributed by atoms with E-state index in [0.717, 1.165) is 19.1 Å². The smallest absolute Gasteiger partial charge is 0.428 e. The van der Waals surface area contributed by atoms with Crippen molar-refractivity contribution < 1.29 is 37.0 Å². The van der Waals surface area contributed by atoms with E-state index in [1.54, 1.807) is 41.5 Å². The van der Waals surface area contributed by atoms with Crippen LogP contribution in [0.2, 0.25) is 0 Å². The van der Waals surface area contributed by atoms with Gasteiger partial charge in [0.1, 0.15) is 17.0 Å². The third kappa shape index (κ3) is 5.73. The Morgan fingerprint density at radius 3 is 2.06 bits per heavy atom. The van der Waals surface area contributed by atoms with Crippen LogP contribution >= 0.6 is 15.9 Å². The molecule has 32 heavy (non-hydrogen) atoms. The van der Waals surface area contributed by atoms with Crippen LogP contribution in [-0.2, 0) is 19.7 Å². The Kier molecular flexibility index (Phi) is 6.95. The van der Waals surface area contributed by atoms with E-state index in [4.69, 9.17) is 14.2 Å². The van der Waals surface area contributed by atoms with Gasteiger partial charge in [0.2, 0.25) is 0 Å². The van der Waals surface area contributed by atoms with Crippen molar-refractivity contribution in [2.45, 2.75) is 71.1 Å². The van der Waals surface area contributed by atoms with E-state index >= 15 is 0 Å². The van der Waals surface area contributed by atoms with Gasteiger partial charge in [-0.1, -0.05) is 15.9 Å². The quantitative estimate of drug-likeness (QED) is 0.452. The SMILES string of the molecule is CC(C)(C)OC(=O)N(C(=O)OC(C)(C)C)C1=N[C@](C)(c2cc(Br)ccc2F)C(F)(F)CO1. The van der Waals surface area contributed by atoms with E-state index in [1.165, 1.54) is 6.07 Å². The molecular weight excluding hydrogens is 497 g/mol. The third-order valence-corrected chi connectivity index (χ3v) is 4.70. The van der Waals surface area contributed by atoms with Crippen molar-refractivity contribution in [3.63, 3.8) is 0 Å². The van der Waals surface area contributed by atoms with Gasteiger partial charge in [-0.15, -0.1) is 4.90 Å². The fourth-order valence-electron chi connectivity index (χ4n) is 2.69. The molecule has 1 aromatic rings. The molecule has 2 amide bonds. The highest BCUT2D eigenvalue weighted by Gasteiger charge is 2.58. The molecule has 0 spiro atoms. The highest BCUT2D eigenvalue weighted by molar-refractivity contribution is 9.10. The Morgan fingerprint density at radius 2 is 1.59 bits per heavy atom. The second-order valence-electron chi connectivity index (χ2n) is 9.38. The molecule has 178 valence electrons. The largest absolute Gasteiger partial charge is 0.458 e. The second kappa shape index (κ2) is 8.57. The van der Waals surface area contributed by atoms with E-state index in [0.29, 0.717) is 9.37 Å². The summed E-state index contributed by atoms with van der Waals surface area (Å²) >= 11 is 3.13. The first kappa shape index (κ1) is 26.0. The first-order valence-corrected chi connectivity index (χ1v) is 10.5. The minimum Gasteiger partial charge on any atom is -0.458 e. The topological polar surface area (TPSA) is 77.4 Å². The van der Waals surface area contributed by atoms with E-state index in [-0.39, 0.29) is 0 Å². The van der Waals surface area contributed by atoms with Gasteiger partial charge in [-0.05, 0) is 66.7 Å². The van der Waals surface area contributed by atoms with Crippen LogP contribution in [0.1, 0.15) is 54.0 Å². The molecule has 1 aliphatic rings. The van der Waals surface area contributed by atoms with Crippen LogP contribution in [0.4, 0.5) is 22.8 Å². The Bertz CT molecular complexity index is 912. The number of amides is 2. The van der Waals surface area contributed by atoms with Gasteiger partial charge in [0.25, 0.3) is 0 Å². The van der Waals surface area contributed by atoms with Crippen LogP contribution < -0.4 is 0 Å². The summed E-state index contributed by atoms with van der Waals surface area (Å²) in [6.45, 7) is 9.04. The Morgan fingerprint density at radius 1 is 1.09 bits per heavy atom. The van der Waals surface area contributed by atoms with Gasteiger partial charge < -0.3 is 14.2 Å². The molecule has 1 aromatic carbocycles. The molecule has 0 aliphatic carbocycles. The highest BCUT2D eigenvalue weighted by atomic mass is 79.9. The third-order valence-electron chi connectivity index (χ3n) is 4.21. The average Bonchev–Trinajstić information content (AvgIpc) is 2.57. The predicted molar refractivity (Wildman–Crippen MR) is 114 cm³/mol. The van der Waals surface area contributed by atoms with Gasteiger partial charge in [0, 0.05) is 10.0 Å². The standard InChI is InChI=1S/C21H26BrF3N2O5/c1-18(2,3)31-16(28)27(17(29)32-19(4,5)6)15-26-20(7,21(24,25)11-30-15)13-10-12(22)8-9-14(13)23/h8-10H,11H2,1-7H3/t20-/m1/s1. The van der Waals surface area contributed by atoms with Crippen LogP contribution in [0.5, 0.6) is 0 Å². The number of halogens is 4. The molecule has 0 saturated carbocycles. The lowest BCUT2D eigenvalue weighted by molar-refractivity contribution is -0.121. The van der Waals surface area contributed by atoms with Gasteiger partial charge in [-0.25, -0.2) is 19.0 Å². The number of alkyl halides is 2. The number of carbonyl (C=O) groups excluding carboxylic acids is 2. The number of benzene rings is 1. The number of hydrogen-bond acceptors (Lipinski definition) is 6. The fourth-order valence-corrected chi connectivity index (χ4v) is 3.05. The molecule has 1 atom stereocenters. The minimum atomic E-state index is -3.67. The van der Waals surface area contributed by atoms with Gasteiger partial charge in [-0.3, -0.25) is 0 Å². The highest BCUT2D eigenvalue weighted by Crippen LogP contribution is 2.45. The number of nitrogens with zero attached hydrogens (tertiary/aromatic N) is 2. The number of carbonyl (C=O) groups is 2. The summed E-state index contributed by atoms with van der Waals surface area (Å²) in [7, 11) is 0. The summed E-state index contributed by atoms with van der Waals surface area (Å²) < 4.78 is 60.3. The predicted octanol–water partition coefficient (Wildman–Crippen LogP) is 6.00. The van der Waals surface area contributed by atoms with Crippen molar-refractivity contribution in [1.29, 1.82) is 0 Å². The van der Waals surface area contributed by atoms with Crippen LogP contribution in [0.3, 0.4) is 0 Å². The van der Waals surface area contributed by atoms with Crippen molar-refractivity contribution in [2.24, 2.45) is 4.99 Å². The number of amidine groups is 1. The molecule has 0 saturated heterocycles. The van der Waals surface area contributed by atoms with E-state index in [1.807, 2.05) is 0 Å². The maximum Gasteiger partial charge on any atom is 0.428 e. The molecule has 0 radical (unpaired) electrons. The molecule has 1 heterocycles. The van der Waals surface area contributed by atoms with Crippen LogP contribution in [0.15, 0.2) is 27.7 Å². The van der Waals surface area contributed by atoms with Crippen molar-refractivity contribution in [1.82, 2.24) is 4.90 Å². The zero-order valence-electron chi connectivity index (χ0n) is 18.9. The molecule has 7 nitrogen and oxygen atoms in total. The van der Waals surface area contributed by atoms with Gasteiger partial charge in [0.05, 0.1) is 0 Å². The van der Waals surface area contributed by atoms with Crippen molar-refractivity contribution in [3.8, 4) is 0 Å². The van der Waals surface area contributed by atoms with E-state index < -0.39 is 58.9 Å². The Labute approximate surface area is 193 Å². The van der Waals surface area contributed by atoms with Crippen molar-refractivity contribution in [2.75, 3.05) is 6.61 Å². The van der Waals surface area contributed by atoms with Gasteiger partial charge >= 0.3 is 24.1 Å². The lowest BCUT2D eigenvalue weighted by Crippen LogP contribution is -2.56. The summed E-state index contributed by atoms with van der Waals surface area (Å²) in [5, 5.41) is 0. The molecule has 0 N–H and O–H groups in total. The first-order valence-electron chi connectivity index (χ1n) is 9.68. The molecule has 0 aromatic heterocycles. The van der Waals surface area contributed by atoms with Crippen LogP contribution in [0.25, 0.3) is 0 Å². The monoisotopic (exact) mass is 522 g/mol. The zero-order valence-corrected chi connectivity index (χ0v) is 20.5. The average molecular weight is 523 g/mol. The summed E-state index contributed by atoms with van der Waals surface area (Å²) in [5.74, 6) is -4.62. The minimum absolute atomic E-state index is 0.292. The second-order valence-corrected chi connectivity index (χ2v) is 10.3. The number of hydrogen-bond donors (Lipinski definition) is 0. The number of imide groups is 1. The molecule has 0 bridgehead atoms. The van der Waals surface area contributed by atoms with Crippen LogP contribution in [0, 0.1) is 5.82 Å². The summed E-state index contributed by atoms with van der Waals surface area (Å²) in [6, 6.07) is 2.71. The molecule has 1 aliphatic heterocycles. The van der Waals surface area contributed by atoms with E-state index in [2.05, 4.69) is 20.9 Å². The zero-order chi connectivity index (χ0) is 24.7. The lowest BCUT2D eigenvalue weighted by Gasteiger charge is -2.39. The number of aliphatic imine (C=N–C) groups is 1. The fraction of sp³-hybridized carbons (Fsp3) is 0.571. The lowest BCUT2D eigenvalue weighted by atomic mass is 9.85. The Balaban J connectivity index is 2.65. The van der Waals surface area contributed by atoms with Gasteiger partial charge in [-0.2, -0.15) is 8.78 Å². The molecule has 11 heteroatoms. The summed E-state index contributed by atoms with van der Waals surface area (Å²) in [4.78, 5) is 29.7. The van der Waals surface area contributed by atoms with Crippen LogP contribution in [-0.4, -0.2) is 46.8 Å². The van der Waals surface area contributed by atoms with Gasteiger partial charge in [0.15, 0.2) is 12.1 Å². The molecule has 0 fully saturated rings. The van der Waals surface area contributed by atoms with Crippen molar-refractivity contribution in [3.05, 3.63) is 34.1 Å². The normalized spacial score (nSPS) is 20.7. The maximum absolute atomic E-state index is 15.0. The van der Waals surface area contributed by atoms with Crippen molar-refractivity contribution >= 4 is 34.1 Å². The van der Waals surface area contributed by atoms with E-state index in [9.17, 15) is 22.8 Å². The Hall–Kier alpha value is -2.30. The molecular formula is C21H26BrF3N2O5. The number of rotatable bonds is 1.